The van der Waals surface area contributed by atoms with Crippen LogP contribution in [-0.4, -0.2) is 142 Å². The fourth-order valence-corrected chi connectivity index (χ4v) is 8.63. The van der Waals surface area contributed by atoms with Crippen LogP contribution in [0, 0.1) is 0 Å². The smallest absolute Gasteiger partial charge is 0.408 e. The van der Waals surface area contributed by atoms with Crippen LogP contribution < -0.4 is 31.9 Å². The van der Waals surface area contributed by atoms with Crippen molar-refractivity contribution in [3.63, 3.8) is 0 Å². The van der Waals surface area contributed by atoms with Crippen molar-refractivity contribution in [2.75, 3.05) is 6.54 Å². The van der Waals surface area contributed by atoms with Crippen molar-refractivity contribution in [3.8, 4) is 0 Å². The molecule has 6 amide bonds. The molecule has 0 saturated carbocycles. The number of carbonyl (C=O) groups is 12. The van der Waals surface area contributed by atoms with E-state index in [2.05, 4.69) is 31.9 Å². The molecule has 0 radical (unpaired) electrons. The molecule has 1 rings (SSSR count). The van der Waals surface area contributed by atoms with Crippen molar-refractivity contribution in [2.24, 2.45) is 0 Å². The molecule has 0 spiro atoms. The van der Waals surface area contributed by atoms with E-state index in [1.807, 2.05) is 30.3 Å². The summed E-state index contributed by atoms with van der Waals surface area (Å²) in [6.45, 7) is 29.7. The third kappa shape index (κ3) is 44.0. The van der Waals surface area contributed by atoms with Gasteiger partial charge in [-0.15, -0.1) is 0 Å². The van der Waals surface area contributed by atoms with E-state index in [9.17, 15) is 57.5 Å². The molecule has 1 aromatic carbocycles. The maximum absolute atomic E-state index is 14.1. The number of nitrogens with one attached hydrogen (secondary N) is 6. The van der Waals surface area contributed by atoms with Gasteiger partial charge < -0.3 is 65.1 Å². The maximum atomic E-state index is 14.1. The predicted molar refractivity (Wildman–Crippen MR) is 347 cm³/mol. The largest absolute Gasteiger partial charge is 0.461 e. The van der Waals surface area contributed by atoms with Crippen molar-refractivity contribution in [1.82, 2.24) is 31.9 Å². The summed E-state index contributed by atoms with van der Waals surface area (Å²) in [7, 11) is 0. The van der Waals surface area contributed by atoms with Crippen molar-refractivity contribution in [3.05, 3.63) is 35.9 Å². The average Bonchev–Trinajstić information content (AvgIpc) is 0.934. The normalized spacial score (nSPS) is 13.6. The molecule has 0 aromatic heterocycles. The topological polar surface area (TPSA) is 342 Å². The fraction of sp³-hybridized carbons (Fsp3) is 0.735. The van der Waals surface area contributed by atoms with Crippen LogP contribution in [0.25, 0.3) is 0 Å². The number of esters is 6. The number of ether oxygens (including phenoxy) is 7. The van der Waals surface area contributed by atoms with Crippen LogP contribution in [0.5, 0.6) is 0 Å². The van der Waals surface area contributed by atoms with Gasteiger partial charge in [0.15, 0.2) is 0 Å². The van der Waals surface area contributed by atoms with Gasteiger partial charge in [-0.25, -0.2) is 24.0 Å². The summed E-state index contributed by atoms with van der Waals surface area (Å²) < 4.78 is 38.4. The standard InChI is InChI=1S/C68H112N6O19/c1-63(2,3)88-56(80)41-37-48(60(84)91-66(10,11)12)72-52(76)39-35-46(58(82)89-64(4,5)6)70-51(75)38-34-47(59(83)90-65(7,8)9)71-53(77)40-36-49(61(85)92-67(13,14)15)73-57(81)50(74-62(86)93-68(16,17)18)43-54(78)69-42-30-25-23-21-19-20-22-24-29-33-55(79)87-44-45-31-27-26-28-32-45/h26-28,31-32,46-50H,19-25,29-30,33-44H2,1-18H3,(H,69,78)(H,70,75)(H,71,77)(H,72,76)(H,73,81)(H,74,86)/t46?,47-,48-,49?,50-/m0/s1. The van der Waals surface area contributed by atoms with Crippen LogP contribution in [0.3, 0.4) is 0 Å². The highest BCUT2D eigenvalue weighted by Crippen LogP contribution is 2.19. The van der Waals surface area contributed by atoms with Crippen molar-refractivity contribution < 1.29 is 90.7 Å². The van der Waals surface area contributed by atoms with Gasteiger partial charge in [0.25, 0.3) is 0 Å². The first-order chi connectivity index (χ1) is 42.8. The second-order valence-electron chi connectivity index (χ2n) is 29.1. The van der Waals surface area contributed by atoms with Gasteiger partial charge in [0.05, 0.1) is 6.42 Å². The highest BCUT2D eigenvalue weighted by atomic mass is 16.6. The van der Waals surface area contributed by atoms with Gasteiger partial charge in [-0.1, -0.05) is 75.3 Å². The number of amides is 6. The van der Waals surface area contributed by atoms with E-state index in [1.165, 1.54) is 0 Å². The van der Waals surface area contributed by atoms with Crippen LogP contribution in [0.1, 0.15) is 252 Å². The molecule has 25 heteroatoms. The van der Waals surface area contributed by atoms with Gasteiger partial charge in [-0.3, -0.25) is 33.6 Å². The Hall–Kier alpha value is -7.34. The third-order valence-corrected chi connectivity index (χ3v) is 12.6. The highest BCUT2D eigenvalue weighted by molar-refractivity contribution is 5.94. The second kappa shape index (κ2) is 40.0. The summed E-state index contributed by atoms with van der Waals surface area (Å²) in [4.78, 5) is 160. The van der Waals surface area contributed by atoms with E-state index in [4.69, 9.17) is 33.2 Å². The Morgan fingerprint density at radius 2 is 0.688 bits per heavy atom. The van der Waals surface area contributed by atoms with E-state index in [1.54, 1.807) is 125 Å². The molecular formula is C68H112N6O19. The Morgan fingerprint density at radius 1 is 0.344 bits per heavy atom. The number of alkyl carbamates (subject to hydrolysis) is 1. The van der Waals surface area contributed by atoms with Crippen LogP contribution in [-0.2, 0) is 92.5 Å². The minimum Gasteiger partial charge on any atom is -0.461 e. The van der Waals surface area contributed by atoms with Crippen LogP contribution >= 0.6 is 0 Å². The third-order valence-electron chi connectivity index (χ3n) is 12.6. The SMILES string of the molecule is CC(C)(C)OC(=O)CC[C@H](NC(=O)CCC(NC(=O)CC[C@H](NC(=O)CCC(NC(=O)[C@H](CC(=O)NCCCCCCCCCCCC(=O)OCc1ccccc1)NC(=O)OC(C)(C)C)C(=O)OC(C)(C)C)C(=O)OC(C)(C)C)C(=O)OC(C)(C)C)C(=O)OC(C)(C)C. The number of carbonyl (C=O) groups excluding carboxylic acids is 12. The van der Waals surface area contributed by atoms with Crippen molar-refractivity contribution in [2.45, 2.75) is 317 Å². The Morgan fingerprint density at radius 3 is 1.06 bits per heavy atom. The first-order valence-electron chi connectivity index (χ1n) is 32.6. The molecule has 1 aromatic rings. The van der Waals surface area contributed by atoms with Gasteiger partial charge in [-0.05, 0) is 169 Å². The Kier molecular flexibility index (Phi) is 36.0. The number of rotatable bonds is 38. The van der Waals surface area contributed by atoms with Gasteiger partial charge in [0.2, 0.25) is 29.5 Å². The fourth-order valence-electron chi connectivity index (χ4n) is 8.63. The first-order valence-corrected chi connectivity index (χ1v) is 32.6. The molecule has 2 unspecified atom stereocenters. The van der Waals surface area contributed by atoms with E-state index < -0.39 is 161 Å². The molecule has 5 atom stereocenters. The molecule has 528 valence electrons. The molecule has 0 heterocycles. The zero-order chi connectivity index (χ0) is 71.0. The average molecular weight is 1320 g/mol. The number of hydrogen-bond acceptors (Lipinski definition) is 19. The monoisotopic (exact) mass is 1320 g/mol. The van der Waals surface area contributed by atoms with E-state index in [-0.39, 0.29) is 38.3 Å². The lowest BCUT2D eigenvalue weighted by Crippen LogP contribution is -2.54. The molecule has 0 bridgehead atoms. The lowest BCUT2D eigenvalue weighted by molar-refractivity contribution is -0.161. The lowest BCUT2D eigenvalue weighted by Gasteiger charge is -2.27. The zero-order valence-corrected chi connectivity index (χ0v) is 58.9. The van der Waals surface area contributed by atoms with Gasteiger partial charge in [0, 0.05) is 38.6 Å². The number of hydrogen-bond donors (Lipinski definition) is 6. The summed E-state index contributed by atoms with van der Waals surface area (Å²) in [6.07, 6.45) is 4.05. The summed E-state index contributed by atoms with van der Waals surface area (Å²) in [5.74, 6) is -8.30. The second-order valence-corrected chi connectivity index (χ2v) is 29.1. The van der Waals surface area contributed by atoms with E-state index in [0.717, 1.165) is 56.9 Å². The minimum atomic E-state index is -1.56. The van der Waals surface area contributed by atoms with Crippen molar-refractivity contribution >= 4 is 71.4 Å². The molecule has 0 fully saturated rings. The number of unbranched alkanes of at least 4 members (excludes halogenated alkanes) is 8. The molecule has 25 nitrogen and oxygen atoms in total. The highest BCUT2D eigenvalue weighted by Gasteiger charge is 2.36. The predicted octanol–water partition coefficient (Wildman–Crippen LogP) is 8.80. The Labute approximate surface area is 551 Å². The quantitative estimate of drug-likeness (QED) is 0.0204. The van der Waals surface area contributed by atoms with Gasteiger partial charge >= 0.3 is 41.9 Å². The molecule has 6 N–H and O–H groups in total. The molecule has 0 saturated heterocycles. The Balaban J connectivity index is 3.15. The van der Waals surface area contributed by atoms with Crippen LogP contribution in [0.15, 0.2) is 30.3 Å². The van der Waals surface area contributed by atoms with Crippen molar-refractivity contribution in [1.29, 1.82) is 0 Å². The zero-order valence-electron chi connectivity index (χ0n) is 58.9. The molecule has 93 heavy (non-hydrogen) atoms. The first kappa shape index (κ1) is 83.7. The molecule has 0 aliphatic heterocycles. The van der Waals surface area contributed by atoms with Gasteiger partial charge in [0.1, 0.15) is 70.4 Å². The number of benzene rings is 1. The maximum Gasteiger partial charge on any atom is 0.408 e. The minimum absolute atomic E-state index is 0.166. The van der Waals surface area contributed by atoms with E-state index in [0.29, 0.717) is 19.4 Å². The summed E-state index contributed by atoms with van der Waals surface area (Å²) in [6, 6.07) is 2.25. The van der Waals surface area contributed by atoms with Crippen LogP contribution in [0.4, 0.5) is 4.79 Å². The summed E-state index contributed by atoms with van der Waals surface area (Å²) >= 11 is 0. The molecule has 0 aliphatic carbocycles. The van der Waals surface area contributed by atoms with E-state index >= 15 is 0 Å². The summed E-state index contributed by atoms with van der Waals surface area (Å²) in [5, 5.41) is 15.4. The lowest BCUT2D eigenvalue weighted by atomic mass is 10.1. The Bertz CT molecular complexity index is 2590. The van der Waals surface area contributed by atoms with Crippen LogP contribution in [0.2, 0.25) is 0 Å². The van der Waals surface area contributed by atoms with Gasteiger partial charge in [-0.2, -0.15) is 0 Å². The summed E-state index contributed by atoms with van der Waals surface area (Å²) in [5.41, 5.74) is -4.97. The molecular weight excluding hydrogens is 1200 g/mol. The molecule has 0 aliphatic rings.